The average molecular weight is 196 g/mol. The van der Waals surface area contributed by atoms with Gasteiger partial charge in [0.1, 0.15) is 5.69 Å². The van der Waals surface area contributed by atoms with Crippen LogP contribution in [0.5, 0.6) is 0 Å². The van der Waals surface area contributed by atoms with E-state index in [1.165, 1.54) is 5.52 Å². The van der Waals surface area contributed by atoms with Crippen molar-refractivity contribution < 1.29 is 4.57 Å². The van der Waals surface area contributed by atoms with Crippen LogP contribution >= 0.6 is 0 Å². The van der Waals surface area contributed by atoms with E-state index in [-0.39, 0.29) is 0 Å². The summed E-state index contributed by atoms with van der Waals surface area (Å²) in [5.74, 6) is 0. The van der Waals surface area contributed by atoms with Gasteiger partial charge in [0.2, 0.25) is 6.33 Å². The number of rotatable bonds is 1. The van der Waals surface area contributed by atoms with Gasteiger partial charge in [-0.3, -0.25) is 4.98 Å². The summed E-state index contributed by atoms with van der Waals surface area (Å²) in [5.41, 5.74) is 3.42. The van der Waals surface area contributed by atoms with Crippen LogP contribution in [0.15, 0.2) is 55.1 Å². The van der Waals surface area contributed by atoms with Crippen molar-refractivity contribution >= 4 is 11.0 Å². The molecule has 3 heteroatoms. The van der Waals surface area contributed by atoms with Gasteiger partial charge in [0.05, 0.1) is 0 Å². The molecule has 2 heterocycles. The molecule has 0 radical (unpaired) electrons. The van der Waals surface area contributed by atoms with Gasteiger partial charge in [-0.05, 0) is 12.1 Å². The van der Waals surface area contributed by atoms with Crippen LogP contribution in [-0.4, -0.2) is 9.97 Å². The molecule has 0 amide bonds. The highest BCUT2D eigenvalue weighted by atomic mass is 15.0. The first-order valence-electron chi connectivity index (χ1n) is 4.83. The maximum atomic E-state index is 4.01. The van der Waals surface area contributed by atoms with E-state index in [0.29, 0.717) is 0 Å². The van der Waals surface area contributed by atoms with E-state index in [1.54, 1.807) is 12.4 Å². The lowest BCUT2D eigenvalue weighted by molar-refractivity contribution is -0.567. The average Bonchev–Trinajstić information content (AvgIpc) is 2.74. The molecule has 3 nitrogen and oxygen atoms in total. The molecular formula is C12H10N3+. The van der Waals surface area contributed by atoms with E-state index >= 15 is 0 Å². The minimum absolute atomic E-state index is 1.11. The third kappa shape index (κ3) is 1.29. The second-order valence-corrected chi connectivity index (χ2v) is 3.37. The van der Waals surface area contributed by atoms with Gasteiger partial charge in [-0.2, -0.15) is 4.57 Å². The quantitative estimate of drug-likeness (QED) is 0.592. The zero-order chi connectivity index (χ0) is 10.1. The summed E-state index contributed by atoms with van der Waals surface area (Å²) in [5, 5.41) is 0. The molecule has 3 rings (SSSR count). The van der Waals surface area contributed by atoms with Crippen molar-refractivity contribution in [2.45, 2.75) is 0 Å². The molecule has 0 unspecified atom stereocenters. The Labute approximate surface area is 87.0 Å². The van der Waals surface area contributed by atoms with Gasteiger partial charge in [-0.15, -0.1) is 0 Å². The van der Waals surface area contributed by atoms with Crippen molar-refractivity contribution in [3.8, 4) is 5.69 Å². The van der Waals surface area contributed by atoms with Crippen molar-refractivity contribution in [1.29, 1.82) is 0 Å². The summed E-state index contributed by atoms with van der Waals surface area (Å²) in [4.78, 5) is 7.24. The summed E-state index contributed by atoms with van der Waals surface area (Å²) in [6, 6.07) is 12.2. The predicted octanol–water partition coefficient (Wildman–Crippen LogP) is 1.84. The Hall–Kier alpha value is -2.16. The van der Waals surface area contributed by atoms with E-state index in [2.05, 4.69) is 26.7 Å². The van der Waals surface area contributed by atoms with Crippen molar-refractivity contribution in [3.63, 3.8) is 0 Å². The van der Waals surface area contributed by atoms with Gasteiger partial charge in [0.25, 0.3) is 0 Å². The molecule has 0 fully saturated rings. The van der Waals surface area contributed by atoms with E-state index in [4.69, 9.17) is 0 Å². The van der Waals surface area contributed by atoms with Crippen molar-refractivity contribution in [2.75, 3.05) is 0 Å². The van der Waals surface area contributed by atoms with Crippen molar-refractivity contribution in [2.24, 2.45) is 0 Å². The molecular weight excluding hydrogens is 186 g/mol. The molecule has 15 heavy (non-hydrogen) atoms. The first-order valence-corrected chi connectivity index (χ1v) is 4.83. The van der Waals surface area contributed by atoms with Gasteiger partial charge >= 0.3 is 0 Å². The monoisotopic (exact) mass is 196 g/mol. The molecule has 3 aromatic rings. The van der Waals surface area contributed by atoms with Gasteiger partial charge in [0.15, 0.2) is 11.0 Å². The molecule has 0 atom stereocenters. The van der Waals surface area contributed by atoms with Crippen LogP contribution < -0.4 is 4.57 Å². The largest absolute Gasteiger partial charge is 0.264 e. The number of hydrogen-bond acceptors (Lipinski definition) is 1. The molecule has 2 aromatic heterocycles. The van der Waals surface area contributed by atoms with Crippen LogP contribution in [0.3, 0.4) is 0 Å². The Bertz CT molecular complexity index is 584. The van der Waals surface area contributed by atoms with Gasteiger partial charge < -0.3 is 0 Å². The van der Waals surface area contributed by atoms with Gasteiger partial charge in [-0.25, -0.2) is 4.98 Å². The molecule has 0 aliphatic heterocycles. The normalized spacial score (nSPS) is 10.7. The Morgan fingerprint density at radius 1 is 1.00 bits per heavy atom. The summed E-state index contributed by atoms with van der Waals surface area (Å²) in [6.45, 7) is 0. The standard InChI is InChI=1S/C12H9N3/c1-2-4-12-11(3-1)14-9-15(12)10-5-7-13-8-6-10/h1-9H/p+1. The molecule has 0 saturated carbocycles. The number of para-hydroxylation sites is 2. The smallest absolute Gasteiger partial charge is 0.247 e. The van der Waals surface area contributed by atoms with Crippen LogP contribution in [0.25, 0.3) is 16.7 Å². The molecule has 1 N–H and O–H groups in total. The second-order valence-electron chi connectivity index (χ2n) is 3.37. The SMILES string of the molecule is c1ccc2c(c1)[nH]c[n+]2-c1ccncc1. The van der Waals surface area contributed by atoms with E-state index < -0.39 is 0 Å². The zero-order valence-electron chi connectivity index (χ0n) is 8.09. The maximum Gasteiger partial charge on any atom is 0.247 e. The Balaban J connectivity index is 2.28. The first-order chi connectivity index (χ1) is 7.45. The molecule has 0 spiro atoms. The van der Waals surface area contributed by atoms with Crippen LogP contribution in [-0.2, 0) is 0 Å². The number of pyridine rings is 1. The Morgan fingerprint density at radius 3 is 2.67 bits per heavy atom. The maximum absolute atomic E-state index is 4.01. The summed E-state index contributed by atoms with van der Waals surface area (Å²) < 4.78 is 2.11. The van der Waals surface area contributed by atoms with Crippen LogP contribution in [0.4, 0.5) is 0 Å². The lowest BCUT2D eigenvalue weighted by Gasteiger charge is -1.94. The number of imidazole rings is 1. The van der Waals surface area contributed by atoms with E-state index in [9.17, 15) is 0 Å². The highest BCUT2D eigenvalue weighted by Crippen LogP contribution is 2.08. The van der Waals surface area contributed by atoms with Crippen LogP contribution in [0.1, 0.15) is 0 Å². The highest BCUT2D eigenvalue weighted by Gasteiger charge is 2.09. The number of fused-ring (bicyclic) bond motifs is 1. The van der Waals surface area contributed by atoms with Crippen molar-refractivity contribution in [1.82, 2.24) is 9.97 Å². The Morgan fingerprint density at radius 2 is 1.80 bits per heavy atom. The fraction of sp³-hybridized carbons (Fsp3) is 0. The van der Waals surface area contributed by atoms with Gasteiger partial charge in [0, 0.05) is 24.5 Å². The third-order valence-corrected chi connectivity index (χ3v) is 2.45. The summed E-state index contributed by atoms with van der Waals surface area (Å²) in [7, 11) is 0. The number of H-pyrrole nitrogens is 1. The molecule has 0 saturated heterocycles. The topological polar surface area (TPSA) is 32.6 Å². The summed E-state index contributed by atoms with van der Waals surface area (Å²) >= 11 is 0. The minimum Gasteiger partial charge on any atom is -0.264 e. The molecule has 1 aromatic carbocycles. The fourth-order valence-corrected chi connectivity index (χ4v) is 1.73. The molecule has 72 valence electrons. The molecule has 0 aliphatic carbocycles. The van der Waals surface area contributed by atoms with Crippen LogP contribution in [0.2, 0.25) is 0 Å². The van der Waals surface area contributed by atoms with E-state index in [1.807, 2.05) is 30.6 Å². The number of nitrogens with one attached hydrogen (secondary N) is 1. The van der Waals surface area contributed by atoms with Crippen LogP contribution in [0, 0.1) is 0 Å². The molecule has 0 bridgehead atoms. The Kier molecular flexibility index (Phi) is 1.75. The molecule has 0 aliphatic rings. The lowest BCUT2D eigenvalue weighted by Crippen LogP contribution is -2.28. The second kappa shape index (κ2) is 3.20. The minimum atomic E-state index is 1.11. The summed E-state index contributed by atoms with van der Waals surface area (Å²) in [6.07, 6.45) is 5.55. The zero-order valence-corrected chi connectivity index (χ0v) is 8.09. The number of nitrogens with zero attached hydrogens (tertiary/aromatic N) is 2. The van der Waals surface area contributed by atoms with Crippen molar-refractivity contribution in [3.05, 3.63) is 55.1 Å². The first kappa shape index (κ1) is 8.17. The number of aromatic amines is 1. The van der Waals surface area contributed by atoms with Gasteiger partial charge in [-0.1, -0.05) is 12.1 Å². The lowest BCUT2D eigenvalue weighted by atomic mass is 10.3. The fourth-order valence-electron chi connectivity index (χ4n) is 1.73. The van der Waals surface area contributed by atoms with E-state index in [0.717, 1.165) is 11.2 Å². The number of aromatic nitrogens is 3. The third-order valence-electron chi connectivity index (χ3n) is 2.45. The number of hydrogen-bond donors (Lipinski definition) is 1. The predicted molar refractivity (Wildman–Crippen MR) is 57.6 cm³/mol. The number of benzene rings is 1. The highest BCUT2D eigenvalue weighted by molar-refractivity contribution is 5.71.